The van der Waals surface area contributed by atoms with E-state index in [1.807, 2.05) is 13.0 Å². The molecule has 2 aromatic rings. The van der Waals surface area contributed by atoms with Crippen molar-refractivity contribution in [2.75, 3.05) is 18.5 Å². The van der Waals surface area contributed by atoms with Crippen molar-refractivity contribution in [2.24, 2.45) is 0 Å². The highest BCUT2D eigenvalue weighted by Crippen LogP contribution is 2.27. The Morgan fingerprint density at radius 1 is 1.16 bits per heavy atom. The summed E-state index contributed by atoms with van der Waals surface area (Å²) in [5.74, 6) is 1.63. The summed E-state index contributed by atoms with van der Waals surface area (Å²) in [5.41, 5.74) is 2.91. The summed E-state index contributed by atoms with van der Waals surface area (Å²) < 4.78 is 11.2. The normalized spacial score (nSPS) is 10.4. The highest BCUT2D eigenvalue weighted by atomic mass is 16.5. The Balaban J connectivity index is 1.92. The van der Waals surface area contributed by atoms with Crippen LogP contribution in [0.15, 0.2) is 55.1 Å². The lowest BCUT2D eigenvalue weighted by Gasteiger charge is -2.15. The molecule has 4 nitrogen and oxygen atoms in total. The Hall–Kier alpha value is -2.75. The molecule has 0 spiro atoms. The van der Waals surface area contributed by atoms with Gasteiger partial charge in [-0.2, -0.15) is 0 Å². The van der Waals surface area contributed by atoms with E-state index in [0.717, 1.165) is 22.6 Å². The topological polar surface area (TPSA) is 47.6 Å². The number of ether oxygens (including phenoxy) is 2. The van der Waals surface area contributed by atoms with Crippen molar-refractivity contribution in [2.45, 2.75) is 26.7 Å². The first-order chi connectivity index (χ1) is 12.0. The minimum atomic E-state index is -0.198. The van der Waals surface area contributed by atoms with Gasteiger partial charge in [-0.1, -0.05) is 38.6 Å². The molecule has 1 N–H and O–H groups in total. The Labute approximate surface area is 149 Å². The first kappa shape index (κ1) is 18.6. The molecule has 0 saturated heterocycles. The van der Waals surface area contributed by atoms with Gasteiger partial charge in [-0.3, -0.25) is 4.79 Å². The number of carbonyl (C=O) groups excluding carboxylic acids is 1. The molecule has 2 aromatic carbocycles. The van der Waals surface area contributed by atoms with Gasteiger partial charge in [-0.05, 0) is 54.3 Å². The molecule has 132 valence electrons. The van der Waals surface area contributed by atoms with Crippen molar-refractivity contribution in [3.63, 3.8) is 0 Å². The molecule has 0 aromatic heterocycles. The Kier molecular flexibility index (Phi) is 6.63. The number of hydrogen-bond acceptors (Lipinski definition) is 3. The minimum absolute atomic E-state index is 0.0299. The number of amides is 1. The maximum Gasteiger partial charge on any atom is 0.262 e. The molecule has 0 saturated carbocycles. The van der Waals surface area contributed by atoms with E-state index in [2.05, 4.69) is 37.9 Å². The fourth-order valence-corrected chi connectivity index (χ4v) is 2.37. The van der Waals surface area contributed by atoms with Crippen LogP contribution in [0.25, 0.3) is 0 Å². The average Bonchev–Trinajstić information content (AvgIpc) is 2.59. The molecule has 0 aliphatic carbocycles. The standard InChI is InChI=1S/C21H25NO3/c1-5-12-24-18-9-7-17(8-10-18)22-21(23)14-25-20-13-16(4)6-11-19(20)15(2)3/h5-11,13,15H,1,12,14H2,2-4H3,(H,22,23). The van der Waals surface area contributed by atoms with E-state index in [0.29, 0.717) is 18.2 Å². The van der Waals surface area contributed by atoms with E-state index in [1.165, 1.54) is 0 Å². The monoisotopic (exact) mass is 339 g/mol. The van der Waals surface area contributed by atoms with Crippen LogP contribution in [0.3, 0.4) is 0 Å². The van der Waals surface area contributed by atoms with Crippen LogP contribution in [-0.2, 0) is 4.79 Å². The first-order valence-electron chi connectivity index (χ1n) is 8.36. The molecule has 0 aliphatic rings. The summed E-state index contributed by atoms with van der Waals surface area (Å²) in [6, 6.07) is 13.3. The number of rotatable bonds is 8. The molecule has 1 amide bonds. The van der Waals surface area contributed by atoms with Crippen LogP contribution in [0, 0.1) is 6.92 Å². The molecule has 25 heavy (non-hydrogen) atoms. The van der Waals surface area contributed by atoms with Crippen molar-refractivity contribution >= 4 is 11.6 Å². The molecule has 0 fully saturated rings. The van der Waals surface area contributed by atoms with Gasteiger partial charge in [0, 0.05) is 5.69 Å². The van der Waals surface area contributed by atoms with Crippen LogP contribution in [0.1, 0.15) is 30.9 Å². The summed E-state index contributed by atoms with van der Waals surface area (Å²) in [4.78, 5) is 12.1. The highest BCUT2D eigenvalue weighted by molar-refractivity contribution is 5.91. The van der Waals surface area contributed by atoms with Gasteiger partial charge in [0.15, 0.2) is 6.61 Å². The zero-order valence-electron chi connectivity index (χ0n) is 15.0. The van der Waals surface area contributed by atoms with E-state index in [9.17, 15) is 4.79 Å². The molecule has 0 unspecified atom stereocenters. The molecule has 0 heterocycles. The van der Waals surface area contributed by atoms with Crippen molar-refractivity contribution in [3.8, 4) is 11.5 Å². The summed E-state index contributed by atoms with van der Waals surface area (Å²) >= 11 is 0. The highest BCUT2D eigenvalue weighted by Gasteiger charge is 2.10. The zero-order valence-corrected chi connectivity index (χ0v) is 15.0. The molecular weight excluding hydrogens is 314 g/mol. The van der Waals surface area contributed by atoms with E-state index >= 15 is 0 Å². The van der Waals surface area contributed by atoms with Gasteiger partial charge < -0.3 is 14.8 Å². The van der Waals surface area contributed by atoms with Gasteiger partial charge in [0.2, 0.25) is 0 Å². The molecule has 0 atom stereocenters. The van der Waals surface area contributed by atoms with Crippen molar-refractivity contribution in [1.82, 2.24) is 0 Å². The van der Waals surface area contributed by atoms with E-state index in [4.69, 9.17) is 9.47 Å². The maximum atomic E-state index is 12.1. The molecule has 2 rings (SSSR count). The predicted molar refractivity (Wildman–Crippen MR) is 102 cm³/mol. The Morgan fingerprint density at radius 3 is 2.52 bits per heavy atom. The Morgan fingerprint density at radius 2 is 1.88 bits per heavy atom. The summed E-state index contributed by atoms with van der Waals surface area (Å²) in [5, 5.41) is 2.82. The van der Waals surface area contributed by atoms with Gasteiger partial charge in [-0.15, -0.1) is 0 Å². The fraction of sp³-hybridized carbons (Fsp3) is 0.286. The third-order valence-electron chi connectivity index (χ3n) is 3.66. The number of anilines is 1. The molecular formula is C21H25NO3. The minimum Gasteiger partial charge on any atom is -0.490 e. The summed E-state index contributed by atoms with van der Waals surface area (Å²) in [6.45, 7) is 10.2. The van der Waals surface area contributed by atoms with Gasteiger partial charge in [0.1, 0.15) is 18.1 Å². The van der Waals surface area contributed by atoms with Crippen LogP contribution in [0.2, 0.25) is 0 Å². The summed E-state index contributed by atoms with van der Waals surface area (Å²) in [6.07, 6.45) is 1.68. The molecule has 0 bridgehead atoms. The molecule has 4 heteroatoms. The number of aryl methyl sites for hydroxylation is 1. The van der Waals surface area contributed by atoms with Gasteiger partial charge in [0.05, 0.1) is 0 Å². The smallest absolute Gasteiger partial charge is 0.262 e. The first-order valence-corrected chi connectivity index (χ1v) is 8.36. The molecule has 0 radical (unpaired) electrons. The third-order valence-corrected chi connectivity index (χ3v) is 3.66. The second kappa shape index (κ2) is 8.92. The number of hydrogen-bond donors (Lipinski definition) is 1. The Bertz CT molecular complexity index is 720. The summed E-state index contributed by atoms with van der Waals surface area (Å²) in [7, 11) is 0. The van der Waals surface area contributed by atoms with Crippen LogP contribution in [0.5, 0.6) is 11.5 Å². The number of carbonyl (C=O) groups is 1. The average molecular weight is 339 g/mol. The predicted octanol–water partition coefficient (Wildman–Crippen LogP) is 4.70. The number of nitrogens with one attached hydrogen (secondary N) is 1. The van der Waals surface area contributed by atoms with Crippen molar-refractivity contribution in [1.29, 1.82) is 0 Å². The van der Waals surface area contributed by atoms with Crippen LogP contribution < -0.4 is 14.8 Å². The SMILES string of the molecule is C=CCOc1ccc(NC(=O)COc2cc(C)ccc2C(C)C)cc1. The van der Waals surface area contributed by atoms with Gasteiger partial charge in [-0.25, -0.2) is 0 Å². The van der Waals surface area contributed by atoms with Crippen LogP contribution in [0.4, 0.5) is 5.69 Å². The maximum absolute atomic E-state index is 12.1. The molecule has 0 aliphatic heterocycles. The van der Waals surface area contributed by atoms with E-state index in [1.54, 1.807) is 30.3 Å². The van der Waals surface area contributed by atoms with Crippen LogP contribution >= 0.6 is 0 Å². The van der Waals surface area contributed by atoms with Crippen molar-refractivity contribution in [3.05, 3.63) is 66.2 Å². The van der Waals surface area contributed by atoms with Crippen molar-refractivity contribution < 1.29 is 14.3 Å². The number of benzene rings is 2. The second-order valence-electron chi connectivity index (χ2n) is 6.16. The van der Waals surface area contributed by atoms with Crippen LogP contribution in [-0.4, -0.2) is 19.1 Å². The fourth-order valence-electron chi connectivity index (χ4n) is 2.37. The van der Waals surface area contributed by atoms with E-state index in [-0.39, 0.29) is 12.5 Å². The van der Waals surface area contributed by atoms with Gasteiger partial charge >= 0.3 is 0 Å². The van der Waals surface area contributed by atoms with E-state index < -0.39 is 0 Å². The zero-order chi connectivity index (χ0) is 18.2. The second-order valence-corrected chi connectivity index (χ2v) is 6.16. The largest absolute Gasteiger partial charge is 0.490 e. The lowest BCUT2D eigenvalue weighted by molar-refractivity contribution is -0.118. The quantitative estimate of drug-likeness (QED) is 0.709. The third kappa shape index (κ3) is 5.68. The lowest BCUT2D eigenvalue weighted by Crippen LogP contribution is -2.20. The lowest BCUT2D eigenvalue weighted by atomic mass is 10.0. The van der Waals surface area contributed by atoms with Gasteiger partial charge in [0.25, 0.3) is 5.91 Å².